The molecule has 0 aromatic heterocycles. The second kappa shape index (κ2) is 6.02. The van der Waals surface area contributed by atoms with E-state index < -0.39 is 5.41 Å². The van der Waals surface area contributed by atoms with E-state index in [1.165, 1.54) is 12.8 Å². The zero-order valence-corrected chi connectivity index (χ0v) is 11.1. The molecule has 4 nitrogen and oxygen atoms in total. The summed E-state index contributed by atoms with van der Waals surface area (Å²) in [5, 5.41) is 11.9. The van der Waals surface area contributed by atoms with Crippen molar-refractivity contribution >= 4 is 5.91 Å². The topological polar surface area (TPSA) is 56.1 Å². The maximum Gasteiger partial charge on any atom is 0.240 e. The van der Waals surface area contributed by atoms with Crippen LogP contribution in [0.5, 0.6) is 0 Å². The zero-order chi connectivity index (χ0) is 12.9. The molecule has 1 fully saturated rings. The lowest BCUT2D eigenvalue weighted by Crippen LogP contribution is -2.45. The van der Waals surface area contributed by atoms with Gasteiger partial charge in [-0.2, -0.15) is 5.26 Å². The van der Waals surface area contributed by atoms with Gasteiger partial charge in [0.05, 0.1) is 6.07 Å². The highest BCUT2D eigenvalue weighted by Crippen LogP contribution is 2.19. The Morgan fingerprint density at radius 1 is 1.53 bits per heavy atom. The molecule has 0 aromatic rings. The average molecular weight is 237 g/mol. The van der Waals surface area contributed by atoms with Gasteiger partial charge < -0.3 is 5.32 Å². The van der Waals surface area contributed by atoms with E-state index in [4.69, 9.17) is 5.26 Å². The molecule has 1 N–H and O–H groups in total. The number of nitrogens with one attached hydrogen (secondary N) is 1. The van der Waals surface area contributed by atoms with Gasteiger partial charge in [0, 0.05) is 12.6 Å². The van der Waals surface area contributed by atoms with Crippen LogP contribution in [0.1, 0.15) is 40.0 Å². The molecule has 2 atom stereocenters. The summed E-state index contributed by atoms with van der Waals surface area (Å²) >= 11 is 0. The maximum absolute atomic E-state index is 11.9. The molecule has 2 unspecified atom stereocenters. The van der Waals surface area contributed by atoms with Crippen molar-refractivity contribution in [1.29, 1.82) is 5.26 Å². The van der Waals surface area contributed by atoms with Crippen molar-refractivity contribution < 1.29 is 4.79 Å². The van der Waals surface area contributed by atoms with E-state index >= 15 is 0 Å². The molecule has 17 heavy (non-hydrogen) atoms. The van der Waals surface area contributed by atoms with Gasteiger partial charge in [-0.1, -0.05) is 6.92 Å². The van der Waals surface area contributed by atoms with Crippen LogP contribution in [0.15, 0.2) is 0 Å². The largest absolute Gasteiger partial charge is 0.353 e. The van der Waals surface area contributed by atoms with E-state index in [2.05, 4.69) is 23.2 Å². The van der Waals surface area contributed by atoms with E-state index in [-0.39, 0.29) is 5.91 Å². The molecule has 96 valence electrons. The fourth-order valence-corrected chi connectivity index (χ4v) is 2.04. The molecule has 0 aromatic carbocycles. The number of hydrogen-bond acceptors (Lipinski definition) is 3. The van der Waals surface area contributed by atoms with Crippen molar-refractivity contribution in [3.05, 3.63) is 0 Å². The number of rotatable bonds is 5. The lowest BCUT2D eigenvalue weighted by Gasteiger charge is -2.26. The van der Waals surface area contributed by atoms with Crippen molar-refractivity contribution in [3.8, 4) is 6.07 Å². The first kappa shape index (κ1) is 14.0. The Hall–Kier alpha value is -1.08. The minimum absolute atomic E-state index is 0.145. The quantitative estimate of drug-likeness (QED) is 0.789. The second-order valence-corrected chi connectivity index (χ2v) is 5.10. The Morgan fingerprint density at radius 2 is 2.12 bits per heavy atom. The zero-order valence-electron chi connectivity index (χ0n) is 11.1. The van der Waals surface area contributed by atoms with E-state index in [0.29, 0.717) is 19.0 Å². The Labute approximate surface area is 104 Å². The number of carbonyl (C=O) groups excluding carboxylic acids is 1. The number of hydrogen-bond donors (Lipinski definition) is 1. The van der Waals surface area contributed by atoms with Crippen LogP contribution in [0.4, 0.5) is 0 Å². The normalized spacial score (nSPS) is 21.5. The first-order chi connectivity index (χ1) is 8.03. The number of nitrogens with zero attached hydrogens (tertiary/aromatic N) is 2. The standard InChI is InChI=1S/C13H23N3O/c1-4-13(3,10-14)12(17)15-9-11(2)16-7-5-6-8-16/h11H,4-9H2,1-3H3,(H,15,17). The summed E-state index contributed by atoms with van der Waals surface area (Å²) in [6.45, 7) is 8.58. The van der Waals surface area contributed by atoms with Crippen LogP contribution >= 0.6 is 0 Å². The predicted molar refractivity (Wildman–Crippen MR) is 67.3 cm³/mol. The van der Waals surface area contributed by atoms with Gasteiger partial charge in [-0.05, 0) is 46.2 Å². The smallest absolute Gasteiger partial charge is 0.240 e. The monoisotopic (exact) mass is 237 g/mol. The average Bonchev–Trinajstić information content (AvgIpc) is 2.88. The predicted octanol–water partition coefficient (Wildman–Crippen LogP) is 1.53. The van der Waals surface area contributed by atoms with Gasteiger partial charge in [-0.15, -0.1) is 0 Å². The molecule has 1 saturated heterocycles. The van der Waals surface area contributed by atoms with E-state index in [1.54, 1.807) is 6.92 Å². The van der Waals surface area contributed by atoms with Crippen molar-refractivity contribution in [2.75, 3.05) is 19.6 Å². The van der Waals surface area contributed by atoms with Crippen molar-refractivity contribution in [1.82, 2.24) is 10.2 Å². The van der Waals surface area contributed by atoms with Crippen LogP contribution in [-0.2, 0) is 4.79 Å². The molecule has 4 heteroatoms. The first-order valence-electron chi connectivity index (χ1n) is 6.47. The highest BCUT2D eigenvalue weighted by atomic mass is 16.2. The van der Waals surface area contributed by atoms with Gasteiger partial charge in [0.25, 0.3) is 0 Å². The summed E-state index contributed by atoms with van der Waals surface area (Å²) < 4.78 is 0. The van der Waals surface area contributed by atoms with Crippen LogP contribution in [0.25, 0.3) is 0 Å². The van der Waals surface area contributed by atoms with Gasteiger partial charge in [0.15, 0.2) is 0 Å². The van der Waals surface area contributed by atoms with Crippen LogP contribution in [0.3, 0.4) is 0 Å². The van der Waals surface area contributed by atoms with E-state index in [0.717, 1.165) is 13.1 Å². The molecule has 0 saturated carbocycles. The Balaban J connectivity index is 2.40. The number of amides is 1. The Morgan fingerprint density at radius 3 is 2.59 bits per heavy atom. The molecule has 1 amide bonds. The molecule has 0 bridgehead atoms. The third-order valence-electron chi connectivity index (χ3n) is 3.78. The summed E-state index contributed by atoms with van der Waals surface area (Å²) in [5.74, 6) is -0.145. The van der Waals surface area contributed by atoms with Crippen molar-refractivity contribution in [3.63, 3.8) is 0 Å². The molecular formula is C13H23N3O. The maximum atomic E-state index is 11.9. The van der Waals surface area contributed by atoms with Crippen LogP contribution in [0.2, 0.25) is 0 Å². The van der Waals surface area contributed by atoms with Crippen LogP contribution in [0, 0.1) is 16.7 Å². The van der Waals surface area contributed by atoms with Crippen molar-refractivity contribution in [2.24, 2.45) is 5.41 Å². The molecule has 1 aliphatic heterocycles. The molecule has 0 radical (unpaired) electrons. The van der Waals surface area contributed by atoms with Gasteiger partial charge in [0.2, 0.25) is 5.91 Å². The lowest BCUT2D eigenvalue weighted by molar-refractivity contribution is -0.127. The SMILES string of the molecule is CCC(C)(C#N)C(=O)NCC(C)N1CCCC1. The molecule has 1 heterocycles. The third-order valence-corrected chi connectivity index (χ3v) is 3.78. The lowest BCUT2D eigenvalue weighted by atomic mass is 9.88. The van der Waals surface area contributed by atoms with Crippen molar-refractivity contribution in [2.45, 2.75) is 46.1 Å². The summed E-state index contributed by atoms with van der Waals surface area (Å²) in [6.07, 6.45) is 3.06. The minimum Gasteiger partial charge on any atom is -0.353 e. The number of carbonyl (C=O) groups is 1. The molecule has 1 aliphatic rings. The number of nitriles is 1. The summed E-state index contributed by atoms with van der Waals surface area (Å²) in [6, 6.07) is 2.46. The van der Waals surface area contributed by atoms with Gasteiger partial charge in [-0.25, -0.2) is 0 Å². The second-order valence-electron chi connectivity index (χ2n) is 5.10. The molecular weight excluding hydrogens is 214 g/mol. The van der Waals surface area contributed by atoms with Gasteiger partial charge in [-0.3, -0.25) is 9.69 Å². The van der Waals surface area contributed by atoms with Crippen LogP contribution < -0.4 is 5.32 Å². The van der Waals surface area contributed by atoms with Gasteiger partial charge >= 0.3 is 0 Å². The Bertz CT molecular complexity index is 304. The highest BCUT2D eigenvalue weighted by Gasteiger charge is 2.31. The molecule has 0 spiro atoms. The highest BCUT2D eigenvalue weighted by molar-refractivity contribution is 5.84. The summed E-state index contributed by atoms with van der Waals surface area (Å²) in [5.41, 5.74) is -0.884. The third kappa shape index (κ3) is 3.44. The van der Waals surface area contributed by atoms with E-state index in [1.807, 2.05) is 6.92 Å². The Kier molecular flexibility index (Phi) is 4.95. The van der Waals surface area contributed by atoms with Gasteiger partial charge in [0.1, 0.15) is 5.41 Å². The number of likely N-dealkylation sites (tertiary alicyclic amines) is 1. The summed E-state index contributed by atoms with van der Waals surface area (Å²) in [4.78, 5) is 14.3. The summed E-state index contributed by atoms with van der Waals surface area (Å²) in [7, 11) is 0. The molecule has 0 aliphatic carbocycles. The van der Waals surface area contributed by atoms with E-state index in [9.17, 15) is 4.79 Å². The first-order valence-corrected chi connectivity index (χ1v) is 6.47. The minimum atomic E-state index is -0.884. The molecule has 1 rings (SSSR count). The fraction of sp³-hybridized carbons (Fsp3) is 0.846. The van der Waals surface area contributed by atoms with Crippen LogP contribution in [-0.4, -0.2) is 36.5 Å². The fourth-order valence-electron chi connectivity index (χ4n) is 2.04.